The van der Waals surface area contributed by atoms with Crippen LogP contribution in [-0.4, -0.2) is 19.3 Å². The van der Waals surface area contributed by atoms with E-state index >= 15 is 0 Å². The first-order valence-corrected chi connectivity index (χ1v) is 8.24. The molecule has 0 aromatic carbocycles. The zero-order valence-electron chi connectivity index (χ0n) is 9.31. The molecule has 0 aliphatic carbocycles. The zero-order chi connectivity index (χ0) is 10.5. The lowest BCUT2D eigenvalue weighted by atomic mass is 10.1. The fourth-order valence-corrected chi connectivity index (χ4v) is 1.40. The highest BCUT2D eigenvalue weighted by molar-refractivity contribution is 6.83. The molecule has 0 saturated heterocycles. The van der Waals surface area contributed by atoms with Crippen LogP contribution in [-0.2, 0) is 0 Å². The van der Waals surface area contributed by atoms with E-state index in [0.717, 1.165) is 12.0 Å². The van der Waals surface area contributed by atoms with Crippen LogP contribution >= 0.6 is 0 Å². The van der Waals surface area contributed by atoms with E-state index in [2.05, 4.69) is 38.0 Å². The van der Waals surface area contributed by atoms with Crippen molar-refractivity contribution in [3.63, 3.8) is 0 Å². The first kappa shape index (κ1) is 12.5. The molecule has 0 bridgehead atoms. The van der Waals surface area contributed by atoms with E-state index in [4.69, 9.17) is 0 Å². The smallest absolute Gasteiger partial charge is 0.135 e. The molecule has 0 rings (SSSR count). The van der Waals surface area contributed by atoms with E-state index in [1.807, 2.05) is 13.0 Å². The predicted octanol–water partition coefficient (Wildman–Crippen LogP) is 2.58. The highest BCUT2D eigenvalue weighted by Crippen LogP contribution is 2.03. The third kappa shape index (κ3) is 6.62. The Morgan fingerprint density at radius 2 is 2.00 bits per heavy atom. The molecule has 2 heteroatoms. The Hall–Kier alpha value is -0.523. The highest BCUT2D eigenvalue weighted by atomic mass is 28.3. The minimum atomic E-state index is -1.34. The van der Waals surface area contributed by atoms with Crippen molar-refractivity contribution in [2.45, 2.75) is 46.0 Å². The standard InChI is InChI=1S/C11H20OSi/c1-6-7-10(2)11(12)8-9-13(3,4)5/h7,11-12H,6H2,1-5H3/b10-7+/t11-/m1/s1. The van der Waals surface area contributed by atoms with E-state index in [1.54, 1.807) is 0 Å². The molecule has 0 aromatic rings. The zero-order valence-corrected chi connectivity index (χ0v) is 10.3. The summed E-state index contributed by atoms with van der Waals surface area (Å²) in [7, 11) is -1.34. The SMILES string of the molecule is CC/C=C(\C)[C@H](O)C#C[Si](C)(C)C. The molecule has 1 atom stereocenters. The Bertz CT molecular complexity index is 237. The van der Waals surface area contributed by atoms with Crippen molar-refractivity contribution in [2.24, 2.45) is 0 Å². The minimum absolute atomic E-state index is 0.563. The van der Waals surface area contributed by atoms with Gasteiger partial charge in [-0.25, -0.2) is 0 Å². The average Bonchev–Trinajstić information content (AvgIpc) is 1.99. The molecule has 0 unspecified atom stereocenters. The second-order valence-corrected chi connectivity index (χ2v) is 9.03. The minimum Gasteiger partial charge on any atom is -0.376 e. The molecule has 1 N–H and O–H groups in total. The van der Waals surface area contributed by atoms with Gasteiger partial charge in [0, 0.05) is 0 Å². The van der Waals surface area contributed by atoms with Crippen LogP contribution in [0.15, 0.2) is 11.6 Å². The first-order valence-electron chi connectivity index (χ1n) is 4.74. The number of hydrogen-bond acceptors (Lipinski definition) is 1. The Labute approximate surface area is 82.9 Å². The van der Waals surface area contributed by atoms with Gasteiger partial charge in [-0.05, 0) is 18.9 Å². The molecule has 74 valence electrons. The molecule has 0 amide bonds. The summed E-state index contributed by atoms with van der Waals surface area (Å²) in [5.74, 6) is 2.91. The third-order valence-electron chi connectivity index (χ3n) is 1.54. The van der Waals surface area contributed by atoms with Gasteiger partial charge in [-0.3, -0.25) is 0 Å². The second-order valence-electron chi connectivity index (χ2n) is 4.28. The van der Waals surface area contributed by atoms with Crippen molar-refractivity contribution in [1.82, 2.24) is 0 Å². The molecule has 0 radical (unpaired) electrons. The molecular weight excluding hydrogens is 176 g/mol. The fraction of sp³-hybridized carbons (Fsp3) is 0.636. The maximum absolute atomic E-state index is 9.59. The quantitative estimate of drug-likeness (QED) is 0.409. The molecule has 13 heavy (non-hydrogen) atoms. The van der Waals surface area contributed by atoms with E-state index in [-0.39, 0.29) is 0 Å². The van der Waals surface area contributed by atoms with Gasteiger partial charge in [-0.2, -0.15) is 0 Å². The van der Waals surface area contributed by atoms with Gasteiger partial charge in [0.15, 0.2) is 0 Å². The molecule has 0 aliphatic rings. The van der Waals surface area contributed by atoms with E-state index in [9.17, 15) is 5.11 Å². The van der Waals surface area contributed by atoms with Gasteiger partial charge in [0.2, 0.25) is 0 Å². The van der Waals surface area contributed by atoms with Crippen molar-refractivity contribution < 1.29 is 5.11 Å². The summed E-state index contributed by atoms with van der Waals surface area (Å²) in [5.41, 5.74) is 4.12. The van der Waals surface area contributed by atoms with E-state index < -0.39 is 14.2 Å². The third-order valence-corrected chi connectivity index (χ3v) is 2.44. The number of hydrogen-bond donors (Lipinski definition) is 1. The van der Waals surface area contributed by atoms with Gasteiger partial charge < -0.3 is 5.11 Å². The predicted molar refractivity (Wildman–Crippen MR) is 61.2 cm³/mol. The van der Waals surface area contributed by atoms with Crippen LogP contribution in [0.1, 0.15) is 20.3 Å². The Morgan fingerprint density at radius 1 is 1.46 bits per heavy atom. The molecule has 0 aromatic heterocycles. The lowest BCUT2D eigenvalue weighted by molar-refractivity contribution is 0.268. The summed E-state index contributed by atoms with van der Waals surface area (Å²) in [4.78, 5) is 0. The summed E-state index contributed by atoms with van der Waals surface area (Å²) in [6.07, 6.45) is 2.41. The largest absolute Gasteiger partial charge is 0.376 e. The van der Waals surface area contributed by atoms with Gasteiger partial charge in [0.25, 0.3) is 0 Å². The van der Waals surface area contributed by atoms with E-state index in [1.165, 1.54) is 0 Å². The number of aliphatic hydroxyl groups excluding tert-OH is 1. The molecule has 0 saturated carbocycles. The monoisotopic (exact) mass is 196 g/mol. The summed E-state index contributed by atoms with van der Waals surface area (Å²) in [6, 6.07) is 0. The van der Waals surface area contributed by atoms with Crippen molar-refractivity contribution in [3.8, 4) is 11.5 Å². The molecule has 1 nitrogen and oxygen atoms in total. The number of rotatable bonds is 2. The molecule has 0 fully saturated rings. The van der Waals surface area contributed by atoms with Crippen molar-refractivity contribution in [2.75, 3.05) is 0 Å². The fourth-order valence-electron chi connectivity index (χ4n) is 0.832. The average molecular weight is 196 g/mol. The highest BCUT2D eigenvalue weighted by Gasteiger charge is 2.09. The Morgan fingerprint density at radius 3 is 2.38 bits per heavy atom. The number of aliphatic hydroxyl groups is 1. The van der Waals surface area contributed by atoms with Gasteiger partial charge in [0.1, 0.15) is 14.2 Å². The van der Waals surface area contributed by atoms with Gasteiger partial charge in [-0.1, -0.05) is 38.6 Å². The van der Waals surface area contributed by atoms with Crippen LogP contribution in [0.3, 0.4) is 0 Å². The number of allylic oxidation sites excluding steroid dienone is 1. The lowest BCUT2D eigenvalue weighted by Gasteiger charge is -2.06. The van der Waals surface area contributed by atoms with Crippen LogP contribution in [0.25, 0.3) is 0 Å². The van der Waals surface area contributed by atoms with Crippen LogP contribution < -0.4 is 0 Å². The van der Waals surface area contributed by atoms with Gasteiger partial charge >= 0.3 is 0 Å². The summed E-state index contributed by atoms with van der Waals surface area (Å²) in [5, 5.41) is 9.59. The molecule has 0 spiro atoms. The second kappa shape index (κ2) is 5.26. The summed E-state index contributed by atoms with van der Waals surface area (Å²) < 4.78 is 0. The van der Waals surface area contributed by atoms with Crippen molar-refractivity contribution >= 4 is 8.07 Å². The molecular formula is C11H20OSi. The molecule has 0 aliphatic heterocycles. The lowest BCUT2D eigenvalue weighted by Crippen LogP contribution is -2.18. The first-order chi connectivity index (χ1) is 5.87. The van der Waals surface area contributed by atoms with Crippen molar-refractivity contribution in [1.29, 1.82) is 0 Å². The Kier molecular flexibility index (Phi) is 5.05. The normalized spacial score (nSPS) is 14.8. The van der Waals surface area contributed by atoms with E-state index in [0.29, 0.717) is 0 Å². The summed E-state index contributed by atoms with van der Waals surface area (Å²) in [6.45, 7) is 10.5. The van der Waals surface area contributed by atoms with Crippen LogP contribution in [0.2, 0.25) is 19.6 Å². The molecule has 0 heterocycles. The van der Waals surface area contributed by atoms with Crippen molar-refractivity contribution in [3.05, 3.63) is 11.6 Å². The van der Waals surface area contributed by atoms with Crippen LogP contribution in [0.5, 0.6) is 0 Å². The van der Waals surface area contributed by atoms with Gasteiger partial charge in [-0.15, -0.1) is 5.54 Å². The van der Waals surface area contributed by atoms with Crippen LogP contribution in [0.4, 0.5) is 0 Å². The van der Waals surface area contributed by atoms with Gasteiger partial charge in [0.05, 0.1) is 0 Å². The Balaban J connectivity index is 4.36. The maximum Gasteiger partial charge on any atom is 0.135 e. The van der Waals surface area contributed by atoms with Crippen LogP contribution in [0, 0.1) is 11.5 Å². The topological polar surface area (TPSA) is 20.2 Å². The maximum atomic E-state index is 9.59. The summed E-state index contributed by atoms with van der Waals surface area (Å²) >= 11 is 0.